The van der Waals surface area contributed by atoms with E-state index in [1.807, 2.05) is 49.4 Å². The summed E-state index contributed by atoms with van der Waals surface area (Å²) < 4.78 is 5.68. The van der Waals surface area contributed by atoms with Gasteiger partial charge in [0.2, 0.25) is 5.91 Å². The number of fused-ring (bicyclic) bond motifs is 1. The Labute approximate surface area is 149 Å². The van der Waals surface area contributed by atoms with Gasteiger partial charge in [0.25, 0.3) is 0 Å². The summed E-state index contributed by atoms with van der Waals surface area (Å²) >= 11 is 1.62. The number of aromatic nitrogens is 1. The molecular weight excluding hydrogens is 336 g/mol. The monoisotopic (exact) mass is 354 g/mol. The van der Waals surface area contributed by atoms with Gasteiger partial charge in [-0.2, -0.15) is 0 Å². The molecule has 3 aromatic rings. The number of nitrogens with zero attached hydrogens (tertiary/aromatic N) is 1. The highest BCUT2D eigenvalue weighted by molar-refractivity contribution is 7.21. The maximum absolute atomic E-state index is 12.0. The maximum Gasteiger partial charge on any atom is 0.306 e. The first kappa shape index (κ1) is 17.1. The summed E-state index contributed by atoms with van der Waals surface area (Å²) in [6, 6.07) is 13.9. The fourth-order valence-corrected chi connectivity index (χ4v) is 3.38. The van der Waals surface area contributed by atoms with Crippen molar-refractivity contribution in [2.45, 2.75) is 19.8 Å². The van der Waals surface area contributed by atoms with E-state index in [1.54, 1.807) is 11.3 Å². The highest BCUT2D eigenvalue weighted by Crippen LogP contribution is 2.32. The van der Waals surface area contributed by atoms with Crippen LogP contribution in [0.15, 0.2) is 42.5 Å². The van der Waals surface area contributed by atoms with E-state index in [2.05, 4.69) is 15.0 Å². The zero-order valence-electron chi connectivity index (χ0n) is 14.0. The molecule has 128 valence electrons. The lowest BCUT2D eigenvalue weighted by molar-refractivity contribution is -0.141. The Bertz CT molecular complexity index is 900. The summed E-state index contributed by atoms with van der Waals surface area (Å²) in [6.45, 7) is 1.93. The zero-order valence-corrected chi connectivity index (χ0v) is 14.9. The molecule has 0 saturated carbocycles. The van der Waals surface area contributed by atoms with Gasteiger partial charge in [-0.1, -0.05) is 24.3 Å². The zero-order chi connectivity index (χ0) is 17.8. The van der Waals surface area contributed by atoms with Gasteiger partial charge in [-0.25, -0.2) is 4.98 Å². The normalized spacial score (nSPS) is 10.6. The number of amides is 1. The lowest BCUT2D eigenvalue weighted by Crippen LogP contribution is -2.14. The highest BCUT2D eigenvalue weighted by atomic mass is 32.1. The summed E-state index contributed by atoms with van der Waals surface area (Å²) in [5.41, 5.74) is 3.60. The van der Waals surface area contributed by atoms with Crippen molar-refractivity contribution < 1.29 is 14.3 Å². The van der Waals surface area contributed by atoms with Crippen LogP contribution in [0, 0.1) is 6.92 Å². The first-order valence-electron chi connectivity index (χ1n) is 7.90. The minimum atomic E-state index is -0.393. The number of hydrogen-bond donors (Lipinski definition) is 1. The molecule has 0 fully saturated rings. The van der Waals surface area contributed by atoms with Crippen LogP contribution in [-0.2, 0) is 14.3 Å². The Morgan fingerprint density at radius 1 is 1.16 bits per heavy atom. The predicted octanol–water partition coefficient (Wildman–Crippen LogP) is 4.16. The van der Waals surface area contributed by atoms with Crippen molar-refractivity contribution in [1.29, 1.82) is 0 Å². The van der Waals surface area contributed by atoms with Gasteiger partial charge in [0.1, 0.15) is 5.01 Å². The quantitative estimate of drug-likeness (QED) is 0.699. The number of ether oxygens (including phenoxy) is 1. The minimum absolute atomic E-state index is 0.0684. The molecule has 0 spiro atoms. The van der Waals surface area contributed by atoms with E-state index in [9.17, 15) is 9.59 Å². The van der Waals surface area contributed by atoms with Gasteiger partial charge in [-0.05, 0) is 30.7 Å². The molecule has 0 bridgehead atoms. The summed E-state index contributed by atoms with van der Waals surface area (Å²) in [5.74, 6) is -0.606. The van der Waals surface area contributed by atoms with E-state index >= 15 is 0 Å². The lowest BCUT2D eigenvalue weighted by Gasteiger charge is -2.09. The molecule has 3 rings (SSSR count). The van der Waals surface area contributed by atoms with Crippen LogP contribution in [0.2, 0.25) is 0 Å². The first-order valence-corrected chi connectivity index (χ1v) is 8.72. The summed E-state index contributed by atoms with van der Waals surface area (Å²) in [5, 5.41) is 3.77. The van der Waals surface area contributed by atoms with E-state index in [-0.39, 0.29) is 18.7 Å². The molecule has 1 aromatic heterocycles. The standard InChI is InChI=1S/C19H18N2O3S/c1-12-7-8-13(19-21-14-5-3-4-6-16(14)25-19)11-15(12)20-17(22)9-10-18(23)24-2/h3-8,11H,9-10H2,1-2H3,(H,20,22). The second kappa shape index (κ2) is 7.44. The van der Waals surface area contributed by atoms with Crippen LogP contribution in [0.25, 0.3) is 20.8 Å². The largest absolute Gasteiger partial charge is 0.469 e. The van der Waals surface area contributed by atoms with Crippen molar-refractivity contribution >= 4 is 39.1 Å². The number of methoxy groups -OCH3 is 1. The first-order chi connectivity index (χ1) is 12.1. The Morgan fingerprint density at radius 3 is 2.72 bits per heavy atom. The molecule has 6 heteroatoms. The average molecular weight is 354 g/mol. The van der Waals surface area contributed by atoms with E-state index in [0.29, 0.717) is 0 Å². The van der Waals surface area contributed by atoms with Gasteiger partial charge in [-0.3, -0.25) is 9.59 Å². The Morgan fingerprint density at radius 2 is 1.96 bits per heavy atom. The van der Waals surface area contributed by atoms with E-state index in [1.165, 1.54) is 7.11 Å². The van der Waals surface area contributed by atoms with Gasteiger partial charge in [-0.15, -0.1) is 11.3 Å². The lowest BCUT2D eigenvalue weighted by atomic mass is 10.1. The van der Waals surface area contributed by atoms with E-state index < -0.39 is 5.97 Å². The minimum Gasteiger partial charge on any atom is -0.469 e. The fourth-order valence-electron chi connectivity index (χ4n) is 2.42. The number of aryl methyl sites for hydroxylation is 1. The number of nitrogens with one attached hydrogen (secondary N) is 1. The van der Waals surface area contributed by atoms with Crippen LogP contribution < -0.4 is 5.32 Å². The molecule has 25 heavy (non-hydrogen) atoms. The van der Waals surface area contributed by atoms with Gasteiger partial charge < -0.3 is 10.1 Å². The number of thiazole rings is 1. The van der Waals surface area contributed by atoms with Crippen LogP contribution in [0.4, 0.5) is 5.69 Å². The van der Waals surface area contributed by atoms with Gasteiger partial charge in [0, 0.05) is 17.7 Å². The van der Waals surface area contributed by atoms with E-state index in [4.69, 9.17) is 0 Å². The third kappa shape index (κ3) is 4.03. The topological polar surface area (TPSA) is 68.3 Å². The summed E-state index contributed by atoms with van der Waals surface area (Å²) in [6.07, 6.45) is 0.163. The smallest absolute Gasteiger partial charge is 0.306 e. The number of carbonyl (C=O) groups is 2. The molecular formula is C19H18N2O3S. The fraction of sp³-hybridized carbons (Fsp3) is 0.211. The summed E-state index contributed by atoms with van der Waals surface area (Å²) in [4.78, 5) is 27.8. The van der Waals surface area contributed by atoms with Gasteiger partial charge >= 0.3 is 5.97 Å². The van der Waals surface area contributed by atoms with Crippen molar-refractivity contribution in [3.8, 4) is 10.6 Å². The van der Waals surface area contributed by atoms with Crippen molar-refractivity contribution in [1.82, 2.24) is 4.98 Å². The van der Waals surface area contributed by atoms with Gasteiger partial charge in [0.05, 0.1) is 23.7 Å². The SMILES string of the molecule is COC(=O)CCC(=O)Nc1cc(-c2nc3ccccc3s2)ccc1C. The van der Waals surface area contributed by atoms with Crippen molar-refractivity contribution in [2.75, 3.05) is 12.4 Å². The number of benzene rings is 2. The van der Waals surface area contributed by atoms with Crippen molar-refractivity contribution in [2.24, 2.45) is 0 Å². The van der Waals surface area contributed by atoms with Crippen LogP contribution in [0.5, 0.6) is 0 Å². The Balaban J connectivity index is 1.80. The number of esters is 1. The van der Waals surface area contributed by atoms with Crippen LogP contribution in [0.3, 0.4) is 0 Å². The van der Waals surface area contributed by atoms with E-state index in [0.717, 1.165) is 32.0 Å². The number of rotatable bonds is 5. The number of para-hydroxylation sites is 1. The van der Waals surface area contributed by atoms with Crippen LogP contribution in [0.1, 0.15) is 18.4 Å². The molecule has 0 aliphatic heterocycles. The molecule has 1 N–H and O–H groups in total. The number of carbonyl (C=O) groups excluding carboxylic acids is 2. The molecule has 5 nitrogen and oxygen atoms in total. The molecule has 2 aromatic carbocycles. The summed E-state index contributed by atoms with van der Waals surface area (Å²) in [7, 11) is 1.31. The molecule has 0 unspecified atom stereocenters. The Hall–Kier alpha value is -2.73. The molecule has 0 aliphatic rings. The molecule has 0 radical (unpaired) electrons. The number of anilines is 1. The van der Waals surface area contributed by atoms with Gasteiger partial charge in [0.15, 0.2) is 0 Å². The van der Waals surface area contributed by atoms with Crippen LogP contribution >= 0.6 is 11.3 Å². The molecule has 1 amide bonds. The highest BCUT2D eigenvalue weighted by Gasteiger charge is 2.11. The Kier molecular flexibility index (Phi) is 5.09. The molecule has 0 saturated heterocycles. The molecule has 0 atom stereocenters. The molecule has 1 heterocycles. The molecule has 0 aliphatic carbocycles. The third-order valence-electron chi connectivity index (χ3n) is 3.84. The maximum atomic E-state index is 12.0. The van der Waals surface area contributed by atoms with Crippen LogP contribution in [-0.4, -0.2) is 24.0 Å². The van der Waals surface area contributed by atoms with Crippen molar-refractivity contribution in [3.63, 3.8) is 0 Å². The average Bonchev–Trinajstić information content (AvgIpc) is 3.05. The second-order valence-electron chi connectivity index (χ2n) is 5.64. The predicted molar refractivity (Wildman–Crippen MR) is 99.7 cm³/mol. The third-order valence-corrected chi connectivity index (χ3v) is 4.92. The second-order valence-corrected chi connectivity index (χ2v) is 6.67. The number of hydrogen-bond acceptors (Lipinski definition) is 5. The van der Waals surface area contributed by atoms with Crippen molar-refractivity contribution in [3.05, 3.63) is 48.0 Å².